The summed E-state index contributed by atoms with van der Waals surface area (Å²) in [6.45, 7) is 8.23. The molecule has 0 heterocycles. The lowest BCUT2D eigenvalue weighted by Gasteiger charge is -2.22. The van der Waals surface area contributed by atoms with Gasteiger partial charge in [-0.2, -0.15) is 0 Å². The molecule has 0 aliphatic rings. The molecule has 0 amide bonds. The second kappa shape index (κ2) is 8.20. The number of thioether (sulfide) groups is 1. The number of hydrogen-bond acceptors (Lipinski definition) is 4. The Labute approximate surface area is 126 Å². The third-order valence-electron chi connectivity index (χ3n) is 3.07. The standard InChI is InChI=1S/C16H25NO2S/c1-5-20-15(19)10-13(9-11(2)3)17-16-12(4)7-6-8-14(16)18/h6-8,11,13,17-18H,5,9-10H2,1-4H3/t13-/m0/s1. The molecule has 112 valence electrons. The van der Waals surface area contributed by atoms with E-state index in [4.69, 9.17) is 0 Å². The summed E-state index contributed by atoms with van der Waals surface area (Å²) in [6, 6.07) is 5.51. The van der Waals surface area contributed by atoms with E-state index in [-0.39, 0.29) is 16.9 Å². The lowest BCUT2D eigenvalue weighted by atomic mass is 10.0. The number of carbonyl (C=O) groups excluding carboxylic acids is 1. The number of benzene rings is 1. The monoisotopic (exact) mass is 295 g/mol. The molecule has 0 unspecified atom stereocenters. The van der Waals surface area contributed by atoms with Crippen molar-refractivity contribution < 1.29 is 9.90 Å². The molecule has 0 fully saturated rings. The molecule has 0 saturated carbocycles. The molecule has 0 spiro atoms. The summed E-state index contributed by atoms with van der Waals surface area (Å²) < 4.78 is 0. The third kappa shape index (κ3) is 5.45. The number of aromatic hydroxyl groups is 1. The van der Waals surface area contributed by atoms with Gasteiger partial charge in [-0.05, 0) is 36.6 Å². The predicted octanol–water partition coefficient (Wildman–Crippen LogP) is 4.20. The third-order valence-corrected chi connectivity index (χ3v) is 3.85. The fourth-order valence-corrected chi connectivity index (χ4v) is 2.87. The average molecular weight is 295 g/mol. The Morgan fingerprint density at radius 1 is 1.40 bits per heavy atom. The minimum atomic E-state index is 0.0635. The van der Waals surface area contributed by atoms with E-state index in [0.717, 1.165) is 23.4 Å². The Morgan fingerprint density at radius 3 is 2.65 bits per heavy atom. The lowest BCUT2D eigenvalue weighted by molar-refractivity contribution is -0.111. The number of phenols is 1. The molecule has 0 aliphatic carbocycles. The van der Waals surface area contributed by atoms with Crippen LogP contribution in [-0.2, 0) is 4.79 Å². The summed E-state index contributed by atoms with van der Waals surface area (Å²) >= 11 is 1.36. The van der Waals surface area contributed by atoms with Gasteiger partial charge in [-0.1, -0.05) is 44.7 Å². The summed E-state index contributed by atoms with van der Waals surface area (Å²) in [5.74, 6) is 1.55. The Hall–Kier alpha value is -1.16. The highest BCUT2D eigenvalue weighted by molar-refractivity contribution is 8.13. The quantitative estimate of drug-likeness (QED) is 0.740. The van der Waals surface area contributed by atoms with Gasteiger partial charge in [0.15, 0.2) is 5.12 Å². The first kappa shape index (κ1) is 16.9. The van der Waals surface area contributed by atoms with Gasteiger partial charge in [-0.3, -0.25) is 4.79 Å². The maximum absolute atomic E-state index is 11.9. The zero-order valence-electron chi connectivity index (χ0n) is 12.8. The van der Waals surface area contributed by atoms with Crippen LogP contribution in [-0.4, -0.2) is 22.0 Å². The van der Waals surface area contributed by atoms with Gasteiger partial charge in [0.2, 0.25) is 0 Å². The van der Waals surface area contributed by atoms with Crippen molar-refractivity contribution in [3.05, 3.63) is 23.8 Å². The van der Waals surface area contributed by atoms with Crippen LogP contribution in [0.25, 0.3) is 0 Å². The van der Waals surface area contributed by atoms with E-state index in [9.17, 15) is 9.90 Å². The maximum Gasteiger partial charge on any atom is 0.190 e. The van der Waals surface area contributed by atoms with Crippen molar-refractivity contribution in [2.24, 2.45) is 5.92 Å². The van der Waals surface area contributed by atoms with Gasteiger partial charge in [-0.15, -0.1) is 0 Å². The van der Waals surface area contributed by atoms with Crippen LogP contribution in [0.1, 0.15) is 39.2 Å². The van der Waals surface area contributed by atoms with Crippen molar-refractivity contribution >= 4 is 22.6 Å². The molecule has 4 heteroatoms. The summed E-state index contributed by atoms with van der Waals surface area (Å²) in [4.78, 5) is 11.9. The normalized spacial score (nSPS) is 12.4. The number of hydrogen-bond donors (Lipinski definition) is 2. The van der Waals surface area contributed by atoms with E-state index in [1.807, 2.05) is 26.0 Å². The van der Waals surface area contributed by atoms with Crippen molar-refractivity contribution in [3.63, 3.8) is 0 Å². The van der Waals surface area contributed by atoms with Crippen LogP contribution in [0.4, 0.5) is 5.69 Å². The second-order valence-corrected chi connectivity index (χ2v) is 6.77. The van der Waals surface area contributed by atoms with Gasteiger partial charge in [0, 0.05) is 12.5 Å². The van der Waals surface area contributed by atoms with Crippen LogP contribution in [0.5, 0.6) is 5.75 Å². The van der Waals surface area contributed by atoms with E-state index >= 15 is 0 Å². The van der Waals surface area contributed by atoms with Crippen LogP contribution >= 0.6 is 11.8 Å². The van der Waals surface area contributed by atoms with Gasteiger partial charge in [0.1, 0.15) is 5.75 Å². The highest BCUT2D eigenvalue weighted by Crippen LogP contribution is 2.29. The number of anilines is 1. The smallest absolute Gasteiger partial charge is 0.190 e. The van der Waals surface area contributed by atoms with E-state index in [0.29, 0.717) is 12.3 Å². The van der Waals surface area contributed by atoms with Crippen LogP contribution in [0.3, 0.4) is 0 Å². The summed E-state index contributed by atoms with van der Waals surface area (Å²) in [5.41, 5.74) is 1.74. The highest BCUT2D eigenvalue weighted by atomic mass is 32.2. The molecule has 1 aromatic rings. The first-order valence-corrected chi connectivity index (χ1v) is 8.13. The Morgan fingerprint density at radius 2 is 2.10 bits per heavy atom. The van der Waals surface area contributed by atoms with Crippen LogP contribution in [0.15, 0.2) is 18.2 Å². The van der Waals surface area contributed by atoms with Gasteiger partial charge in [-0.25, -0.2) is 0 Å². The fraction of sp³-hybridized carbons (Fsp3) is 0.562. The Kier molecular flexibility index (Phi) is 6.93. The molecule has 0 radical (unpaired) electrons. The molecule has 0 bridgehead atoms. The van der Waals surface area contributed by atoms with Crippen molar-refractivity contribution in [2.75, 3.05) is 11.1 Å². The lowest BCUT2D eigenvalue weighted by Crippen LogP contribution is -2.24. The van der Waals surface area contributed by atoms with Crippen LogP contribution in [0, 0.1) is 12.8 Å². The molecule has 1 rings (SSSR count). The average Bonchev–Trinajstić information content (AvgIpc) is 2.33. The molecule has 3 nitrogen and oxygen atoms in total. The van der Waals surface area contributed by atoms with Gasteiger partial charge < -0.3 is 10.4 Å². The molecule has 0 aliphatic heterocycles. The fourth-order valence-electron chi connectivity index (χ4n) is 2.23. The van der Waals surface area contributed by atoms with Crippen molar-refractivity contribution in [1.82, 2.24) is 0 Å². The molecule has 0 saturated heterocycles. The number of phenolic OH excluding ortho intramolecular Hbond substituents is 1. The summed E-state index contributed by atoms with van der Waals surface area (Å²) in [5, 5.41) is 13.5. The Bertz CT molecular complexity index is 426. The zero-order valence-corrected chi connectivity index (χ0v) is 13.6. The topological polar surface area (TPSA) is 49.3 Å². The molecular weight excluding hydrogens is 270 g/mol. The minimum Gasteiger partial charge on any atom is -0.506 e. The molecule has 1 aromatic carbocycles. The minimum absolute atomic E-state index is 0.0635. The molecular formula is C16H25NO2S. The van der Waals surface area contributed by atoms with Gasteiger partial charge >= 0.3 is 0 Å². The van der Waals surface area contributed by atoms with Crippen LogP contribution in [0.2, 0.25) is 0 Å². The van der Waals surface area contributed by atoms with E-state index in [1.54, 1.807) is 6.07 Å². The molecule has 2 N–H and O–H groups in total. The summed E-state index contributed by atoms with van der Waals surface area (Å²) in [7, 11) is 0. The van der Waals surface area contributed by atoms with E-state index in [1.165, 1.54) is 11.8 Å². The number of rotatable bonds is 7. The summed E-state index contributed by atoms with van der Waals surface area (Å²) in [6.07, 6.45) is 1.40. The van der Waals surface area contributed by atoms with Gasteiger partial charge in [0.25, 0.3) is 0 Å². The highest BCUT2D eigenvalue weighted by Gasteiger charge is 2.17. The second-order valence-electron chi connectivity index (χ2n) is 5.45. The SMILES string of the molecule is CCSC(=O)C[C@H](CC(C)C)Nc1c(C)cccc1O. The predicted molar refractivity (Wildman–Crippen MR) is 87.5 cm³/mol. The van der Waals surface area contributed by atoms with Crippen molar-refractivity contribution in [1.29, 1.82) is 0 Å². The molecule has 1 atom stereocenters. The maximum atomic E-state index is 11.9. The van der Waals surface area contributed by atoms with E-state index in [2.05, 4.69) is 19.2 Å². The number of carbonyl (C=O) groups is 1. The van der Waals surface area contributed by atoms with Crippen molar-refractivity contribution in [2.45, 2.75) is 46.6 Å². The van der Waals surface area contributed by atoms with Crippen molar-refractivity contribution in [3.8, 4) is 5.75 Å². The first-order chi connectivity index (χ1) is 9.43. The zero-order chi connectivity index (χ0) is 15.1. The van der Waals surface area contributed by atoms with E-state index < -0.39 is 0 Å². The number of aryl methyl sites for hydroxylation is 1. The molecule has 0 aromatic heterocycles. The number of nitrogens with one attached hydrogen (secondary N) is 1. The van der Waals surface area contributed by atoms with Crippen LogP contribution < -0.4 is 5.32 Å². The first-order valence-electron chi connectivity index (χ1n) is 7.14. The Balaban J connectivity index is 2.81. The molecule has 20 heavy (non-hydrogen) atoms. The largest absolute Gasteiger partial charge is 0.506 e. The van der Waals surface area contributed by atoms with Gasteiger partial charge in [0.05, 0.1) is 5.69 Å². The number of para-hydroxylation sites is 1.